The summed E-state index contributed by atoms with van der Waals surface area (Å²) in [6, 6.07) is 6.78. The molecule has 0 aliphatic carbocycles. The van der Waals surface area contributed by atoms with Crippen molar-refractivity contribution in [3.8, 4) is 5.75 Å². The first-order valence-electron chi connectivity index (χ1n) is 6.27. The maximum absolute atomic E-state index is 9.65. The van der Waals surface area contributed by atoms with Crippen LogP contribution in [0.3, 0.4) is 0 Å². The first-order chi connectivity index (χ1) is 9.52. The van der Waals surface area contributed by atoms with Crippen LogP contribution in [0.25, 0.3) is 0 Å². The maximum Gasteiger partial charge on any atom is 0.191 e. The first kappa shape index (κ1) is 14.7. The van der Waals surface area contributed by atoms with Gasteiger partial charge in [0.2, 0.25) is 0 Å². The summed E-state index contributed by atoms with van der Waals surface area (Å²) in [5, 5.41) is 16.8. The van der Waals surface area contributed by atoms with Gasteiger partial charge in [0, 0.05) is 5.70 Å². The normalized spacial score (nSPS) is 18.3. The minimum atomic E-state index is -0.227. The zero-order valence-corrected chi connectivity index (χ0v) is 12.9. The molecule has 3 N–H and O–H groups in total. The van der Waals surface area contributed by atoms with Crippen LogP contribution in [0.1, 0.15) is 25.5 Å². The van der Waals surface area contributed by atoms with Gasteiger partial charge in [0.05, 0.1) is 18.2 Å². The lowest BCUT2D eigenvalue weighted by atomic mass is 9.96. The highest BCUT2D eigenvalue weighted by atomic mass is 32.1. The molecule has 1 unspecified atom stereocenters. The molecule has 2 rings (SSSR count). The summed E-state index contributed by atoms with van der Waals surface area (Å²) in [4.78, 5) is 0. The quantitative estimate of drug-likeness (QED) is 0.746. The van der Waals surface area contributed by atoms with E-state index in [9.17, 15) is 5.11 Å². The molecule has 1 aliphatic heterocycles. The van der Waals surface area contributed by atoms with Crippen molar-refractivity contribution in [1.29, 1.82) is 0 Å². The van der Waals surface area contributed by atoms with Gasteiger partial charge in [0.25, 0.3) is 0 Å². The van der Waals surface area contributed by atoms with E-state index in [0.29, 0.717) is 16.8 Å². The number of aromatic hydroxyl groups is 1. The van der Waals surface area contributed by atoms with Crippen LogP contribution in [-0.2, 0) is 4.74 Å². The summed E-state index contributed by atoms with van der Waals surface area (Å²) >= 11 is 10.5. The maximum atomic E-state index is 9.65. The number of allylic oxidation sites excluding steroid dienone is 1. The number of nitrogens with one attached hydrogen (secondary N) is 2. The molecule has 0 saturated heterocycles. The number of rotatable bonds is 3. The van der Waals surface area contributed by atoms with Gasteiger partial charge in [-0.25, -0.2) is 0 Å². The van der Waals surface area contributed by atoms with Crippen LogP contribution in [0.4, 0.5) is 0 Å². The number of hydrogen-bond donors (Lipinski definition) is 3. The summed E-state index contributed by atoms with van der Waals surface area (Å²) in [5.74, 6) is 0.202. The summed E-state index contributed by atoms with van der Waals surface area (Å²) in [7, 11) is 0. The third-order valence-corrected chi connectivity index (χ3v) is 3.53. The summed E-state index contributed by atoms with van der Waals surface area (Å²) in [6.07, 6.45) is 0. The van der Waals surface area contributed by atoms with Crippen LogP contribution in [-0.4, -0.2) is 21.9 Å². The van der Waals surface area contributed by atoms with Crippen molar-refractivity contribution in [2.24, 2.45) is 0 Å². The smallest absolute Gasteiger partial charge is 0.191 e. The van der Waals surface area contributed by atoms with Gasteiger partial charge in [-0.2, -0.15) is 0 Å². The van der Waals surface area contributed by atoms with Crippen molar-refractivity contribution >= 4 is 34.6 Å². The van der Waals surface area contributed by atoms with Gasteiger partial charge in [0.15, 0.2) is 10.2 Å². The fourth-order valence-corrected chi connectivity index (χ4v) is 2.79. The number of benzene rings is 1. The fourth-order valence-electron chi connectivity index (χ4n) is 2.13. The lowest BCUT2D eigenvalue weighted by Gasteiger charge is -2.31. The molecule has 4 nitrogen and oxygen atoms in total. The second-order valence-electron chi connectivity index (χ2n) is 4.39. The molecule has 0 saturated carbocycles. The van der Waals surface area contributed by atoms with Gasteiger partial charge in [0.1, 0.15) is 5.75 Å². The number of ether oxygens (including phenoxy) is 1. The third kappa shape index (κ3) is 3.08. The minimum absolute atomic E-state index is 0.202. The zero-order valence-electron chi connectivity index (χ0n) is 11.3. The molecule has 0 radical (unpaired) electrons. The lowest BCUT2D eigenvalue weighted by molar-refractivity contribution is 0.333. The number of phenolic OH excluding ortho intramolecular Hbond substituents is 1. The van der Waals surface area contributed by atoms with Crippen molar-refractivity contribution in [3.63, 3.8) is 0 Å². The Kier molecular flexibility index (Phi) is 4.57. The van der Waals surface area contributed by atoms with Crippen molar-refractivity contribution in [2.75, 3.05) is 6.61 Å². The Bertz CT molecular complexity index is 584. The Morgan fingerprint density at radius 3 is 2.85 bits per heavy atom. The van der Waals surface area contributed by atoms with Crippen molar-refractivity contribution in [1.82, 2.24) is 10.6 Å². The van der Waals surface area contributed by atoms with Crippen LogP contribution in [0, 0.1) is 0 Å². The van der Waals surface area contributed by atoms with Crippen LogP contribution < -0.4 is 10.6 Å². The first-order valence-corrected chi connectivity index (χ1v) is 7.09. The van der Waals surface area contributed by atoms with E-state index in [0.717, 1.165) is 16.8 Å². The van der Waals surface area contributed by atoms with Gasteiger partial charge in [-0.3, -0.25) is 0 Å². The van der Waals surface area contributed by atoms with Crippen LogP contribution >= 0.6 is 24.4 Å². The largest absolute Gasteiger partial charge is 0.508 e. The van der Waals surface area contributed by atoms with Crippen LogP contribution in [0.5, 0.6) is 5.75 Å². The molecule has 1 aliphatic rings. The zero-order chi connectivity index (χ0) is 14.7. The SMILES string of the molecule is CCOC(=S)C1=C(C)NC(=S)NC1c1cccc(O)c1. The summed E-state index contributed by atoms with van der Waals surface area (Å²) in [6.45, 7) is 4.30. The molecule has 6 heteroatoms. The average molecular weight is 308 g/mol. The van der Waals surface area contributed by atoms with E-state index in [1.165, 1.54) is 0 Å². The van der Waals surface area contributed by atoms with Crippen LogP contribution in [0.2, 0.25) is 0 Å². The van der Waals surface area contributed by atoms with Crippen molar-refractivity contribution < 1.29 is 9.84 Å². The molecular formula is C14H16N2O2S2. The van der Waals surface area contributed by atoms with E-state index in [1.807, 2.05) is 19.9 Å². The molecule has 0 aromatic heterocycles. The molecule has 0 bridgehead atoms. The van der Waals surface area contributed by atoms with Gasteiger partial charge >= 0.3 is 0 Å². The predicted molar refractivity (Wildman–Crippen MR) is 86.6 cm³/mol. The Labute approximate surface area is 128 Å². The van der Waals surface area contributed by atoms with Gasteiger partial charge in [-0.1, -0.05) is 12.1 Å². The van der Waals surface area contributed by atoms with E-state index in [-0.39, 0.29) is 11.8 Å². The van der Waals surface area contributed by atoms with Gasteiger partial charge < -0.3 is 20.5 Å². The summed E-state index contributed by atoms with van der Waals surface area (Å²) < 4.78 is 5.46. The minimum Gasteiger partial charge on any atom is -0.508 e. The Morgan fingerprint density at radius 2 is 2.20 bits per heavy atom. The molecule has 1 heterocycles. The molecule has 0 spiro atoms. The second-order valence-corrected chi connectivity index (χ2v) is 5.16. The third-order valence-electron chi connectivity index (χ3n) is 2.97. The van der Waals surface area contributed by atoms with E-state index < -0.39 is 0 Å². The van der Waals surface area contributed by atoms with E-state index in [2.05, 4.69) is 10.6 Å². The van der Waals surface area contributed by atoms with E-state index in [1.54, 1.807) is 18.2 Å². The standard InChI is InChI=1S/C14H16N2O2S2/c1-3-18-13(19)11-8(2)15-14(20)16-12(11)9-5-4-6-10(17)7-9/h4-7,12,17H,3H2,1-2H3,(H2,15,16,20). The highest BCUT2D eigenvalue weighted by Crippen LogP contribution is 2.29. The molecule has 1 aromatic rings. The predicted octanol–water partition coefficient (Wildman–Crippen LogP) is 2.55. The average Bonchev–Trinajstić information content (AvgIpc) is 2.37. The fraction of sp³-hybridized carbons (Fsp3) is 0.286. The number of hydrogen-bond acceptors (Lipinski definition) is 4. The van der Waals surface area contributed by atoms with Gasteiger partial charge in [-0.15, -0.1) is 0 Å². The number of thiocarbonyl (C=S) groups is 2. The molecule has 1 atom stereocenters. The lowest BCUT2D eigenvalue weighted by Crippen LogP contribution is -2.44. The molecule has 106 valence electrons. The summed E-state index contributed by atoms with van der Waals surface area (Å²) in [5.41, 5.74) is 2.58. The van der Waals surface area contributed by atoms with Crippen molar-refractivity contribution in [2.45, 2.75) is 19.9 Å². The second kappa shape index (κ2) is 6.19. The van der Waals surface area contributed by atoms with Gasteiger partial charge in [-0.05, 0) is 56.0 Å². The Morgan fingerprint density at radius 1 is 1.45 bits per heavy atom. The molecule has 0 fully saturated rings. The molecule has 0 amide bonds. The highest BCUT2D eigenvalue weighted by molar-refractivity contribution is 7.80. The number of phenols is 1. The molecular weight excluding hydrogens is 292 g/mol. The Hall–Kier alpha value is -1.66. The van der Waals surface area contributed by atoms with Crippen molar-refractivity contribution in [3.05, 3.63) is 41.1 Å². The monoisotopic (exact) mass is 308 g/mol. The van der Waals surface area contributed by atoms with Crippen LogP contribution in [0.15, 0.2) is 35.5 Å². The molecule has 1 aromatic carbocycles. The van der Waals surface area contributed by atoms with E-state index in [4.69, 9.17) is 29.2 Å². The van der Waals surface area contributed by atoms with E-state index >= 15 is 0 Å². The topological polar surface area (TPSA) is 53.5 Å². The molecule has 20 heavy (non-hydrogen) atoms. The Balaban J connectivity index is 2.44. The highest BCUT2D eigenvalue weighted by Gasteiger charge is 2.28.